The van der Waals surface area contributed by atoms with Crippen LogP contribution < -0.4 is 10.6 Å². The number of aryl methyl sites for hydroxylation is 1. The van der Waals surface area contributed by atoms with Crippen molar-refractivity contribution in [2.75, 3.05) is 23.7 Å². The number of nitrogens with two attached hydrogens (primary N) is 1. The molecule has 1 fully saturated rings. The van der Waals surface area contributed by atoms with Gasteiger partial charge in [-0.15, -0.1) is 0 Å². The van der Waals surface area contributed by atoms with E-state index in [-0.39, 0.29) is 0 Å². The largest absolute Gasteiger partial charge is 0.399 e. The first-order chi connectivity index (χ1) is 9.84. The molecular weight excluding hydrogens is 258 g/mol. The molecule has 2 heterocycles. The molecule has 1 aromatic carbocycles. The Kier molecular flexibility index (Phi) is 3.31. The second-order valence-electron chi connectivity index (χ2n) is 7.36. The predicted molar refractivity (Wildman–Crippen MR) is 90.7 cm³/mol. The SMILES string of the molecule is Cc1cc(N2CCC(C(C)(C)C)C2)c2cc(N)ccc2n1. The lowest BCUT2D eigenvalue weighted by molar-refractivity contribution is 0.263. The van der Waals surface area contributed by atoms with Gasteiger partial charge >= 0.3 is 0 Å². The molecule has 0 spiro atoms. The molecule has 3 nitrogen and oxygen atoms in total. The van der Waals surface area contributed by atoms with Crippen molar-refractivity contribution in [3.63, 3.8) is 0 Å². The standard InChI is InChI=1S/C18H25N3/c1-12-9-17(15-10-14(19)5-6-16(15)20-12)21-8-7-13(11-21)18(2,3)4/h5-6,9-10,13H,7-8,11,19H2,1-4H3. The topological polar surface area (TPSA) is 42.1 Å². The Balaban J connectivity index is 2.03. The molecule has 112 valence electrons. The van der Waals surface area contributed by atoms with E-state index < -0.39 is 0 Å². The zero-order chi connectivity index (χ0) is 15.2. The van der Waals surface area contributed by atoms with Crippen LogP contribution in [-0.4, -0.2) is 18.1 Å². The third kappa shape index (κ3) is 2.69. The summed E-state index contributed by atoms with van der Waals surface area (Å²) in [5.74, 6) is 0.738. The minimum absolute atomic E-state index is 0.367. The number of nitrogen functional groups attached to an aromatic ring is 1. The summed E-state index contributed by atoms with van der Waals surface area (Å²) in [6, 6.07) is 8.22. The summed E-state index contributed by atoms with van der Waals surface area (Å²) in [7, 11) is 0. The van der Waals surface area contributed by atoms with Gasteiger partial charge in [0.15, 0.2) is 0 Å². The summed E-state index contributed by atoms with van der Waals surface area (Å²) in [5, 5.41) is 1.18. The van der Waals surface area contributed by atoms with Gasteiger partial charge in [0.05, 0.1) is 5.52 Å². The number of aromatic nitrogens is 1. The molecule has 1 atom stereocenters. The van der Waals surface area contributed by atoms with E-state index in [2.05, 4.69) is 49.7 Å². The third-order valence-corrected chi connectivity index (χ3v) is 4.69. The number of hydrogen-bond donors (Lipinski definition) is 1. The Labute approximate surface area is 127 Å². The predicted octanol–water partition coefficient (Wildman–Crippen LogP) is 4.00. The second kappa shape index (κ2) is 4.90. The Hall–Kier alpha value is -1.77. The lowest BCUT2D eigenvalue weighted by Gasteiger charge is -2.28. The van der Waals surface area contributed by atoms with E-state index >= 15 is 0 Å². The molecule has 2 N–H and O–H groups in total. The molecule has 0 amide bonds. The van der Waals surface area contributed by atoms with Crippen molar-refractivity contribution in [3.8, 4) is 0 Å². The van der Waals surface area contributed by atoms with Crippen LogP contribution in [0.3, 0.4) is 0 Å². The molecule has 1 aliphatic rings. The van der Waals surface area contributed by atoms with E-state index in [9.17, 15) is 0 Å². The van der Waals surface area contributed by atoms with E-state index in [0.717, 1.165) is 35.9 Å². The number of fused-ring (bicyclic) bond motifs is 1. The highest BCUT2D eigenvalue weighted by Crippen LogP contribution is 2.38. The average Bonchev–Trinajstić information content (AvgIpc) is 2.87. The quantitative estimate of drug-likeness (QED) is 0.804. The molecule has 3 rings (SSSR count). The fourth-order valence-electron chi connectivity index (χ4n) is 3.30. The molecule has 1 unspecified atom stereocenters. The molecule has 0 aliphatic carbocycles. The molecule has 1 aliphatic heterocycles. The number of benzene rings is 1. The minimum atomic E-state index is 0.367. The van der Waals surface area contributed by atoms with Crippen molar-refractivity contribution in [3.05, 3.63) is 30.0 Å². The molecule has 1 aromatic heterocycles. The minimum Gasteiger partial charge on any atom is -0.399 e. The van der Waals surface area contributed by atoms with Gasteiger partial charge in [0, 0.05) is 35.5 Å². The van der Waals surface area contributed by atoms with Gasteiger partial charge in [0.25, 0.3) is 0 Å². The Morgan fingerprint density at radius 3 is 2.67 bits per heavy atom. The van der Waals surface area contributed by atoms with Crippen molar-refractivity contribution in [1.82, 2.24) is 4.98 Å². The van der Waals surface area contributed by atoms with Gasteiger partial charge < -0.3 is 10.6 Å². The smallest absolute Gasteiger partial charge is 0.0727 e. The van der Waals surface area contributed by atoms with E-state index in [1.54, 1.807) is 0 Å². The van der Waals surface area contributed by atoms with Gasteiger partial charge in [-0.2, -0.15) is 0 Å². The Morgan fingerprint density at radius 2 is 2.00 bits per heavy atom. The first-order valence-corrected chi connectivity index (χ1v) is 7.76. The van der Waals surface area contributed by atoms with Crippen molar-refractivity contribution in [2.45, 2.75) is 34.1 Å². The Bertz CT molecular complexity index is 670. The first kappa shape index (κ1) is 14.2. The van der Waals surface area contributed by atoms with E-state index in [1.807, 2.05) is 12.1 Å². The highest BCUT2D eigenvalue weighted by molar-refractivity contribution is 5.94. The average molecular weight is 283 g/mol. The molecule has 1 saturated heterocycles. The van der Waals surface area contributed by atoms with Crippen LogP contribution in [0.15, 0.2) is 24.3 Å². The summed E-state index contributed by atoms with van der Waals surface area (Å²) >= 11 is 0. The van der Waals surface area contributed by atoms with Crippen LogP contribution in [0.2, 0.25) is 0 Å². The first-order valence-electron chi connectivity index (χ1n) is 7.76. The van der Waals surface area contributed by atoms with E-state index in [4.69, 9.17) is 5.73 Å². The molecular formula is C18H25N3. The number of pyridine rings is 1. The van der Waals surface area contributed by atoms with E-state index in [1.165, 1.54) is 17.5 Å². The molecule has 0 bridgehead atoms. The van der Waals surface area contributed by atoms with Gasteiger partial charge in [-0.1, -0.05) is 20.8 Å². The number of rotatable bonds is 1. The summed E-state index contributed by atoms with van der Waals surface area (Å²) in [4.78, 5) is 7.14. The van der Waals surface area contributed by atoms with Crippen molar-refractivity contribution < 1.29 is 0 Å². The highest BCUT2D eigenvalue weighted by atomic mass is 15.2. The van der Waals surface area contributed by atoms with Crippen LogP contribution in [0.4, 0.5) is 11.4 Å². The molecule has 2 aromatic rings. The molecule has 21 heavy (non-hydrogen) atoms. The zero-order valence-corrected chi connectivity index (χ0v) is 13.5. The fourth-order valence-corrected chi connectivity index (χ4v) is 3.30. The number of hydrogen-bond acceptors (Lipinski definition) is 3. The van der Waals surface area contributed by atoms with Gasteiger partial charge in [-0.05, 0) is 48.9 Å². The van der Waals surface area contributed by atoms with Crippen molar-refractivity contribution >= 4 is 22.3 Å². The van der Waals surface area contributed by atoms with Gasteiger partial charge in [0.1, 0.15) is 0 Å². The lowest BCUT2D eigenvalue weighted by atomic mass is 9.80. The maximum atomic E-state index is 5.98. The van der Waals surface area contributed by atoms with Gasteiger partial charge in [-0.25, -0.2) is 0 Å². The van der Waals surface area contributed by atoms with Crippen LogP contribution >= 0.6 is 0 Å². The van der Waals surface area contributed by atoms with Crippen LogP contribution in [0.5, 0.6) is 0 Å². The Morgan fingerprint density at radius 1 is 1.24 bits per heavy atom. The summed E-state index contributed by atoms with van der Waals surface area (Å²) in [5.41, 5.74) is 10.6. The van der Waals surface area contributed by atoms with Gasteiger partial charge in [-0.3, -0.25) is 4.98 Å². The van der Waals surface area contributed by atoms with Crippen LogP contribution in [0, 0.1) is 18.3 Å². The monoisotopic (exact) mass is 283 g/mol. The maximum absolute atomic E-state index is 5.98. The second-order valence-corrected chi connectivity index (χ2v) is 7.36. The molecule has 0 radical (unpaired) electrons. The normalized spacial score (nSPS) is 19.4. The lowest BCUT2D eigenvalue weighted by Crippen LogP contribution is -2.26. The van der Waals surface area contributed by atoms with E-state index in [0.29, 0.717) is 5.41 Å². The fraction of sp³-hybridized carbons (Fsp3) is 0.500. The van der Waals surface area contributed by atoms with Crippen LogP contribution in [0.1, 0.15) is 32.9 Å². The van der Waals surface area contributed by atoms with Crippen molar-refractivity contribution in [2.24, 2.45) is 11.3 Å². The van der Waals surface area contributed by atoms with Gasteiger partial charge in [0.2, 0.25) is 0 Å². The van der Waals surface area contributed by atoms with Crippen LogP contribution in [-0.2, 0) is 0 Å². The summed E-state index contributed by atoms with van der Waals surface area (Å²) < 4.78 is 0. The van der Waals surface area contributed by atoms with Crippen LogP contribution in [0.25, 0.3) is 10.9 Å². The number of nitrogens with zero attached hydrogens (tertiary/aromatic N) is 2. The summed E-state index contributed by atoms with van der Waals surface area (Å²) in [6.45, 7) is 11.3. The highest BCUT2D eigenvalue weighted by Gasteiger charge is 2.32. The zero-order valence-electron chi connectivity index (χ0n) is 13.5. The maximum Gasteiger partial charge on any atom is 0.0727 e. The third-order valence-electron chi connectivity index (χ3n) is 4.69. The van der Waals surface area contributed by atoms with Crippen molar-refractivity contribution in [1.29, 1.82) is 0 Å². The molecule has 3 heteroatoms. The summed E-state index contributed by atoms with van der Waals surface area (Å²) in [6.07, 6.45) is 1.26. The number of anilines is 2. The molecule has 0 saturated carbocycles.